The fraction of sp³-hybridized carbons (Fsp3) is 0.667. The van der Waals surface area contributed by atoms with Crippen molar-refractivity contribution < 1.29 is 9.53 Å². The monoisotopic (exact) mass is 341 g/mol. The summed E-state index contributed by atoms with van der Waals surface area (Å²) in [4.78, 5) is 22.0. The Bertz CT molecular complexity index is 561. The Balaban J connectivity index is 2.01. The lowest BCUT2D eigenvalue weighted by molar-refractivity contribution is 0.0114. The van der Waals surface area contributed by atoms with E-state index < -0.39 is 5.60 Å². The molecule has 0 bridgehead atoms. The van der Waals surface area contributed by atoms with Gasteiger partial charge in [-0.2, -0.15) is 0 Å². The van der Waals surface area contributed by atoms with Gasteiger partial charge in [0.25, 0.3) is 0 Å². The molecule has 7 nitrogen and oxygen atoms in total. The SMILES string of the molecule is CC(C)(C)OC(=O)N1CCCC[C@H]1CNc1ncnc(Cl)c1N. The maximum atomic E-state index is 12.4. The number of carbonyl (C=O) groups excluding carboxylic acids is 1. The molecule has 0 unspecified atom stereocenters. The molecule has 8 heteroatoms. The van der Waals surface area contributed by atoms with Crippen molar-refractivity contribution in [1.29, 1.82) is 0 Å². The van der Waals surface area contributed by atoms with Crippen molar-refractivity contribution in [3.8, 4) is 0 Å². The van der Waals surface area contributed by atoms with E-state index in [-0.39, 0.29) is 17.3 Å². The number of rotatable bonds is 3. The number of ether oxygens (including phenoxy) is 1. The summed E-state index contributed by atoms with van der Waals surface area (Å²) >= 11 is 5.89. The highest BCUT2D eigenvalue weighted by Crippen LogP contribution is 2.24. The summed E-state index contributed by atoms with van der Waals surface area (Å²) in [6.07, 6.45) is 4.04. The van der Waals surface area contributed by atoms with E-state index in [1.807, 2.05) is 20.8 Å². The average molecular weight is 342 g/mol. The lowest BCUT2D eigenvalue weighted by atomic mass is 10.0. The molecule has 2 heterocycles. The van der Waals surface area contributed by atoms with Crippen LogP contribution in [0.25, 0.3) is 0 Å². The number of halogens is 1. The Labute approximate surface area is 141 Å². The van der Waals surface area contributed by atoms with Crippen LogP contribution in [-0.4, -0.2) is 45.7 Å². The van der Waals surface area contributed by atoms with Gasteiger partial charge in [0, 0.05) is 13.1 Å². The lowest BCUT2D eigenvalue weighted by Gasteiger charge is -2.37. The van der Waals surface area contributed by atoms with Gasteiger partial charge in [-0.25, -0.2) is 14.8 Å². The van der Waals surface area contributed by atoms with Crippen LogP contribution in [0, 0.1) is 0 Å². The summed E-state index contributed by atoms with van der Waals surface area (Å²) in [6.45, 7) is 6.83. The van der Waals surface area contributed by atoms with Crippen molar-refractivity contribution in [2.75, 3.05) is 24.1 Å². The van der Waals surface area contributed by atoms with Gasteiger partial charge in [0.1, 0.15) is 17.6 Å². The summed E-state index contributed by atoms with van der Waals surface area (Å²) in [5.41, 5.74) is 5.66. The van der Waals surface area contributed by atoms with E-state index in [1.54, 1.807) is 4.90 Å². The molecule has 128 valence electrons. The number of carbonyl (C=O) groups is 1. The topological polar surface area (TPSA) is 93.4 Å². The molecule has 23 heavy (non-hydrogen) atoms. The Morgan fingerprint density at radius 2 is 2.22 bits per heavy atom. The molecule has 1 aliphatic rings. The average Bonchev–Trinajstić information content (AvgIpc) is 2.47. The number of hydrogen-bond donors (Lipinski definition) is 2. The van der Waals surface area contributed by atoms with Crippen LogP contribution in [0.5, 0.6) is 0 Å². The zero-order valence-electron chi connectivity index (χ0n) is 13.8. The van der Waals surface area contributed by atoms with Gasteiger partial charge >= 0.3 is 6.09 Å². The number of anilines is 2. The van der Waals surface area contributed by atoms with Crippen LogP contribution in [0.2, 0.25) is 5.15 Å². The molecule has 3 N–H and O–H groups in total. The molecule has 1 atom stereocenters. The largest absolute Gasteiger partial charge is 0.444 e. The minimum atomic E-state index is -0.503. The molecule has 1 aliphatic heterocycles. The molecule has 0 spiro atoms. The molecular formula is C15H24ClN5O2. The van der Waals surface area contributed by atoms with Crippen molar-refractivity contribution >= 4 is 29.2 Å². The first-order valence-electron chi connectivity index (χ1n) is 7.77. The van der Waals surface area contributed by atoms with E-state index in [1.165, 1.54) is 6.33 Å². The molecule has 0 aromatic carbocycles. The fourth-order valence-electron chi connectivity index (χ4n) is 2.50. The van der Waals surface area contributed by atoms with E-state index in [0.29, 0.717) is 24.6 Å². The van der Waals surface area contributed by atoms with Crippen LogP contribution >= 0.6 is 11.6 Å². The third kappa shape index (κ3) is 4.86. The van der Waals surface area contributed by atoms with Crippen LogP contribution in [0.3, 0.4) is 0 Å². The molecule has 1 aromatic heterocycles. The predicted octanol–water partition coefficient (Wildman–Crippen LogP) is 2.91. The Kier molecular flexibility index (Phi) is 5.51. The van der Waals surface area contributed by atoms with E-state index >= 15 is 0 Å². The Morgan fingerprint density at radius 3 is 2.91 bits per heavy atom. The number of nitrogens with one attached hydrogen (secondary N) is 1. The highest BCUT2D eigenvalue weighted by Gasteiger charge is 2.30. The molecule has 1 amide bonds. The molecule has 1 aromatic rings. The third-order valence-electron chi connectivity index (χ3n) is 3.60. The van der Waals surface area contributed by atoms with Gasteiger partial charge in [0.15, 0.2) is 11.0 Å². The maximum Gasteiger partial charge on any atom is 0.410 e. The van der Waals surface area contributed by atoms with Crippen LogP contribution in [0.4, 0.5) is 16.3 Å². The second-order valence-corrected chi connectivity index (χ2v) is 6.99. The first-order chi connectivity index (χ1) is 10.8. The zero-order valence-corrected chi connectivity index (χ0v) is 14.6. The highest BCUT2D eigenvalue weighted by molar-refractivity contribution is 6.32. The van der Waals surface area contributed by atoms with Gasteiger partial charge in [0.05, 0.1) is 6.04 Å². The number of amides is 1. The summed E-state index contributed by atoms with van der Waals surface area (Å²) in [6, 6.07) is 0.0340. The number of aromatic nitrogens is 2. The number of nitrogen functional groups attached to an aromatic ring is 1. The normalized spacial score (nSPS) is 18.6. The van der Waals surface area contributed by atoms with E-state index in [4.69, 9.17) is 22.1 Å². The minimum Gasteiger partial charge on any atom is -0.444 e. The summed E-state index contributed by atoms with van der Waals surface area (Å²) < 4.78 is 5.49. The van der Waals surface area contributed by atoms with Crippen molar-refractivity contribution in [3.63, 3.8) is 0 Å². The molecular weight excluding hydrogens is 318 g/mol. The molecule has 1 fully saturated rings. The van der Waals surface area contributed by atoms with Crippen molar-refractivity contribution in [1.82, 2.24) is 14.9 Å². The van der Waals surface area contributed by atoms with Crippen LogP contribution in [0.15, 0.2) is 6.33 Å². The van der Waals surface area contributed by atoms with Gasteiger partial charge in [-0.3, -0.25) is 0 Å². The van der Waals surface area contributed by atoms with Crippen molar-refractivity contribution in [2.45, 2.75) is 51.7 Å². The number of nitrogens with two attached hydrogens (primary N) is 1. The third-order valence-corrected chi connectivity index (χ3v) is 3.90. The number of piperidine rings is 1. The van der Waals surface area contributed by atoms with Crippen molar-refractivity contribution in [3.05, 3.63) is 11.5 Å². The van der Waals surface area contributed by atoms with Crippen LogP contribution in [-0.2, 0) is 4.74 Å². The quantitative estimate of drug-likeness (QED) is 0.821. The first-order valence-corrected chi connectivity index (χ1v) is 8.15. The summed E-state index contributed by atoms with van der Waals surface area (Å²) in [5.74, 6) is 0.486. The highest BCUT2D eigenvalue weighted by atomic mass is 35.5. The Morgan fingerprint density at radius 1 is 1.48 bits per heavy atom. The first kappa shape index (κ1) is 17.6. The lowest BCUT2D eigenvalue weighted by Crippen LogP contribution is -2.49. The minimum absolute atomic E-state index is 0.0340. The van der Waals surface area contributed by atoms with E-state index in [0.717, 1.165) is 19.3 Å². The fourth-order valence-corrected chi connectivity index (χ4v) is 2.64. The number of hydrogen-bond acceptors (Lipinski definition) is 6. The maximum absolute atomic E-state index is 12.4. The second-order valence-electron chi connectivity index (χ2n) is 6.63. The molecule has 0 aliphatic carbocycles. The molecule has 2 rings (SSSR count). The standard InChI is InChI=1S/C15H24ClN5O2/c1-15(2,3)23-14(22)21-7-5-4-6-10(21)8-18-13-11(17)12(16)19-9-20-13/h9-10H,4-8,17H2,1-3H3,(H,18,19,20)/t10-/m0/s1. The van der Waals surface area contributed by atoms with Gasteiger partial charge in [-0.15, -0.1) is 0 Å². The number of likely N-dealkylation sites (tertiary alicyclic amines) is 1. The zero-order chi connectivity index (χ0) is 17.0. The smallest absolute Gasteiger partial charge is 0.410 e. The van der Waals surface area contributed by atoms with E-state index in [9.17, 15) is 4.79 Å². The van der Waals surface area contributed by atoms with Gasteiger partial charge in [0.2, 0.25) is 0 Å². The summed E-state index contributed by atoms with van der Waals surface area (Å²) in [5, 5.41) is 3.38. The molecule has 0 radical (unpaired) electrons. The Hall–Kier alpha value is -1.76. The molecule has 0 saturated carbocycles. The van der Waals surface area contributed by atoms with E-state index in [2.05, 4.69) is 15.3 Å². The number of nitrogens with zero attached hydrogens (tertiary/aromatic N) is 3. The van der Waals surface area contributed by atoms with Crippen molar-refractivity contribution in [2.24, 2.45) is 0 Å². The predicted molar refractivity (Wildman–Crippen MR) is 90.5 cm³/mol. The molecule has 1 saturated heterocycles. The van der Waals surface area contributed by atoms with Gasteiger partial charge < -0.3 is 20.7 Å². The van der Waals surface area contributed by atoms with Crippen LogP contribution < -0.4 is 11.1 Å². The van der Waals surface area contributed by atoms with Gasteiger partial charge in [-0.1, -0.05) is 11.6 Å². The second kappa shape index (κ2) is 7.21. The summed E-state index contributed by atoms with van der Waals surface area (Å²) in [7, 11) is 0. The van der Waals surface area contributed by atoms with Gasteiger partial charge in [-0.05, 0) is 40.0 Å². The van der Waals surface area contributed by atoms with Crippen LogP contribution in [0.1, 0.15) is 40.0 Å².